The monoisotopic (exact) mass is 273 g/mol. The molecule has 0 bridgehead atoms. The largest absolute Gasteiger partial charge is 0.300 e. The molecular formula is C16H19NO3. The van der Waals surface area contributed by atoms with Crippen LogP contribution in [0.2, 0.25) is 0 Å². The zero-order chi connectivity index (χ0) is 14.7. The van der Waals surface area contributed by atoms with Gasteiger partial charge < -0.3 is 0 Å². The normalized spacial score (nSPS) is 15.4. The van der Waals surface area contributed by atoms with Crippen LogP contribution in [-0.2, 0) is 4.79 Å². The van der Waals surface area contributed by atoms with Crippen LogP contribution in [-0.4, -0.2) is 28.5 Å². The van der Waals surface area contributed by atoms with Crippen LogP contribution in [0.3, 0.4) is 0 Å². The van der Waals surface area contributed by atoms with E-state index in [9.17, 15) is 14.4 Å². The van der Waals surface area contributed by atoms with Crippen molar-refractivity contribution in [2.75, 3.05) is 0 Å². The summed E-state index contributed by atoms with van der Waals surface area (Å²) in [4.78, 5) is 37.5. The zero-order valence-electron chi connectivity index (χ0n) is 11.9. The van der Waals surface area contributed by atoms with Gasteiger partial charge in [0.15, 0.2) is 0 Å². The van der Waals surface area contributed by atoms with E-state index in [4.69, 9.17) is 0 Å². The Labute approximate surface area is 118 Å². The van der Waals surface area contributed by atoms with Crippen molar-refractivity contribution in [1.82, 2.24) is 4.90 Å². The Kier molecular flexibility index (Phi) is 4.32. The first-order chi connectivity index (χ1) is 9.56. The number of benzene rings is 1. The topological polar surface area (TPSA) is 54.5 Å². The predicted octanol–water partition coefficient (Wildman–Crippen LogP) is 2.82. The van der Waals surface area contributed by atoms with Gasteiger partial charge in [-0.05, 0) is 25.5 Å². The number of imide groups is 1. The molecule has 4 heteroatoms. The van der Waals surface area contributed by atoms with E-state index in [1.165, 1.54) is 4.90 Å². The minimum absolute atomic E-state index is 0.107. The van der Waals surface area contributed by atoms with Crippen molar-refractivity contribution in [3.05, 3.63) is 35.4 Å². The molecular weight excluding hydrogens is 254 g/mol. The van der Waals surface area contributed by atoms with Gasteiger partial charge in [-0.15, -0.1) is 0 Å². The summed E-state index contributed by atoms with van der Waals surface area (Å²) in [6, 6.07) is 6.41. The second kappa shape index (κ2) is 5.99. The molecule has 0 aliphatic carbocycles. The minimum atomic E-state index is -0.383. The van der Waals surface area contributed by atoms with E-state index in [-0.39, 0.29) is 30.1 Å². The fraction of sp³-hybridized carbons (Fsp3) is 0.438. The molecule has 1 unspecified atom stereocenters. The SMILES string of the molecule is CCCCC(=O)CC(C)N1C(=O)c2ccccc2C1=O. The maximum Gasteiger partial charge on any atom is 0.261 e. The van der Waals surface area contributed by atoms with Crippen LogP contribution >= 0.6 is 0 Å². The average Bonchev–Trinajstić information content (AvgIpc) is 2.69. The van der Waals surface area contributed by atoms with Crippen molar-refractivity contribution >= 4 is 17.6 Å². The molecule has 4 nitrogen and oxygen atoms in total. The number of Topliss-reactive ketones (excluding diaryl/α,β-unsaturated/α-hetero) is 1. The van der Waals surface area contributed by atoms with Crippen LogP contribution in [0.4, 0.5) is 0 Å². The van der Waals surface area contributed by atoms with Crippen LogP contribution in [0, 0.1) is 0 Å². The molecule has 0 fully saturated rings. The van der Waals surface area contributed by atoms with Crippen molar-refractivity contribution in [3.8, 4) is 0 Å². The van der Waals surface area contributed by atoms with Gasteiger partial charge in [0.05, 0.1) is 11.1 Å². The quantitative estimate of drug-likeness (QED) is 0.749. The Hall–Kier alpha value is -1.97. The third-order valence-corrected chi connectivity index (χ3v) is 3.60. The van der Waals surface area contributed by atoms with Gasteiger partial charge in [0, 0.05) is 18.9 Å². The molecule has 0 radical (unpaired) electrons. The fourth-order valence-electron chi connectivity index (χ4n) is 2.50. The smallest absolute Gasteiger partial charge is 0.261 e. The Bertz CT molecular complexity index is 515. The van der Waals surface area contributed by atoms with Crippen molar-refractivity contribution < 1.29 is 14.4 Å². The Morgan fingerprint density at radius 2 is 1.70 bits per heavy atom. The van der Waals surface area contributed by atoms with E-state index < -0.39 is 0 Å². The van der Waals surface area contributed by atoms with Crippen LogP contribution in [0.25, 0.3) is 0 Å². The third kappa shape index (κ3) is 2.64. The number of fused-ring (bicyclic) bond motifs is 1. The summed E-state index contributed by atoms with van der Waals surface area (Å²) in [5, 5.41) is 0. The van der Waals surface area contributed by atoms with E-state index >= 15 is 0 Å². The van der Waals surface area contributed by atoms with Crippen molar-refractivity contribution in [2.45, 2.75) is 45.6 Å². The van der Waals surface area contributed by atoms with E-state index in [1.807, 2.05) is 6.92 Å². The van der Waals surface area contributed by atoms with Gasteiger partial charge in [-0.1, -0.05) is 25.5 Å². The van der Waals surface area contributed by atoms with Crippen molar-refractivity contribution in [1.29, 1.82) is 0 Å². The molecule has 0 aromatic heterocycles. The number of carbonyl (C=O) groups excluding carboxylic acids is 3. The molecule has 1 aromatic rings. The number of rotatable bonds is 6. The Balaban J connectivity index is 2.09. The number of hydrogen-bond donors (Lipinski definition) is 0. The lowest BCUT2D eigenvalue weighted by atomic mass is 10.1. The number of hydrogen-bond acceptors (Lipinski definition) is 3. The third-order valence-electron chi connectivity index (χ3n) is 3.60. The molecule has 0 saturated heterocycles. The summed E-state index contributed by atoms with van der Waals surface area (Å²) in [6.07, 6.45) is 2.58. The number of ketones is 1. The number of amides is 2. The second-order valence-corrected chi connectivity index (χ2v) is 5.22. The molecule has 0 saturated carbocycles. The maximum atomic E-state index is 12.2. The zero-order valence-corrected chi connectivity index (χ0v) is 11.9. The Morgan fingerprint density at radius 3 is 2.20 bits per heavy atom. The summed E-state index contributed by atoms with van der Waals surface area (Å²) in [5.41, 5.74) is 0.871. The van der Waals surface area contributed by atoms with E-state index in [0.717, 1.165) is 12.8 Å². The van der Waals surface area contributed by atoms with Crippen molar-refractivity contribution in [3.63, 3.8) is 0 Å². The lowest BCUT2D eigenvalue weighted by Crippen LogP contribution is -2.39. The van der Waals surface area contributed by atoms with Crippen molar-refractivity contribution in [2.24, 2.45) is 0 Å². The molecule has 1 atom stereocenters. The van der Waals surface area contributed by atoms with Gasteiger partial charge >= 0.3 is 0 Å². The van der Waals surface area contributed by atoms with E-state index in [2.05, 4.69) is 0 Å². The highest BCUT2D eigenvalue weighted by Crippen LogP contribution is 2.25. The number of nitrogens with zero attached hydrogens (tertiary/aromatic N) is 1. The summed E-state index contributed by atoms with van der Waals surface area (Å²) in [5.74, 6) is -0.473. The molecule has 0 spiro atoms. The first-order valence-electron chi connectivity index (χ1n) is 7.04. The van der Waals surface area contributed by atoms with Crippen LogP contribution in [0.1, 0.15) is 60.2 Å². The highest BCUT2D eigenvalue weighted by atomic mass is 16.2. The molecule has 20 heavy (non-hydrogen) atoms. The average molecular weight is 273 g/mol. The molecule has 1 heterocycles. The number of carbonyl (C=O) groups is 3. The fourth-order valence-corrected chi connectivity index (χ4v) is 2.50. The lowest BCUT2D eigenvalue weighted by Gasteiger charge is -2.21. The standard InChI is InChI=1S/C16H19NO3/c1-3-4-7-12(18)10-11(2)17-15(19)13-8-5-6-9-14(13)16(17)20/h5-6,8-9,11H,3-4,7,10H2,1-2H3. The van der Waals surface area contributed by atoms with E-state index in [1.54, 1.807) is 31.2 Å². The summed E-state index contributed by atoms with van der Waals surface area (Å²) < 4.78 is 0. The maximum absolute atomic E-state index is 12.2. The molecule has 2 rings (SSSR count). The molecule has 0 N–H and O–H groups in total. The lowest BCUT2D eigenvalue weighted by molar-refractivity contribution is -0.119. The molecule has 1 aromatic carbocycles. The van der Waals surface area contributed by atoms with Gasteiger partial charge in [-0.3, -0.25) is 19.3 Å². The van der Waals surface area contributed by atoms with Crippen LogP contribution < -0.4 is 0 Å². The first kappa shape index (κ1) is 14.4. The van der Waals surface area contributed by atoms with Crippen LogP contribution in [0.5, 0.6) is 0 Å². The highest BCUT2D eigenvalue weighted by Gasteiger charge is 2.38. The molecule has 2 amide bonds. The van der Waals surface area contributed by atoms with Gasteiger partial charge in [-0.2, -0.15) is 0 Å². The summed E-state index contributed by atoms with van der Waals surface area (Å²) in [7, 11) is 0. The van der Waals surface area contributed by atoms with E-state index in [0.29, 0.717) is 17.5 Å². The van der Waals surface area contributed by atoms with Gasteiger partial charge in [0.2, 0.25) is 0 Å². The summed E-state index contributed by atoms with van der Waals surface area (Å²) in [6.45, 7) is 3.78. The highest BCUT2D eigenvalue weighted by molar-refractivity contribution is 6.21. The Morgan fingerprint density at radius 1 is 1.15 bits per heavy atom. The molecule has 1 aliphatic rings. The predicted molar refractivity (Wildman–Crippen MR) is 75.6 cm³/mol. The van der Waals surface area contributed by atoms with Gasteiger partial charge in [0.1, 0.15) is 5.78 Å². The first-order valence-corrected chi connectivity index (χ1v) is 7.04. The minimum Gasteiger partial charge on any atom is -0.300 e. The number of unbranched alkanes of at least 4 members (excludes halogenated alkanes) is 1. The molecule has 1 aliphatic heterocycles. The second-order valence-electron chi connectivity index (χ2n) is 5.22. The summed E-state index contributed by atoms with van der Waals surface area (Å²) >= 11 is 0. The molecule has 106 valence electrons. The van der Waals surface area contributed by atoms with Gasteiger partial charge in [-0.25, -0.2) is 0 Å². The van der Waals surface area contributed by atoms with Crippen LogP contribution in [0.15, 0.2) is 24.3 Å². The van der Waals surface area contributed by atoms with Gasteiger partial charge in [0.25, 0.3) is 11.8 Å².